The Hall–Kier alpha value is -2.74. The number of hydrogen-bond acceptors (Lipinski definition) is 7. The normalized spacial score (nSPS) is 21.0. The van der Waals surface area contributed by atoms with Crippen LogP contribution < -0.4 is 4.90 Å². The molecule has 0 unspecified atom stereocenters. The number of aromatic nitrogens is 1. The summed E-state index contributed by atoms with van der Waals surface area (Å²) in [6, 6.07) is 0. The van der Waals surface area contributed by atoms with Crippen LogP contribution in [0.2, 0.25) is 0 Å². The standard InChI is InChI=1S/C19H19N3O4S/c1-19(2)9-13-17(15(23)10-19)27-18(20-13)21-7-8-26-16(11-21)12-5-3-4-6-14(12)22(24)25/h4,6-8,11H,3,5,9-10H2,1-2H3. The molecule has 7 nitrogen and oxygen atoms in total. The van der Waals surface area contributed by atoms with Crippen LogP contribution in [0, 0.1) is 15.5 Å². The largest absolute Gasteiger partial charge is 0.461 e. The molecule has 1 aromatic rings. The minimum Gasteiger partial charge on any atom is -0.461 e. The van der Waals surface area contributed by atoms with Crippen LogP contribution in [-0.2, 0) is 11.2 Å². The third kappa shape index (κ3) is 3.32. The third-order valence-corrected chi connectivity index (χ3v) is 5.91. The number of anilines is 1. The number of ether oxygens (including phenoxy) is 1. The summed E-state index contributed by atoms with van der Waals surface area (Å²) in [6.45, 7) is 4.14. The molecule has 8 heteroatoms. The van der Waals surface area contributed by atoms with Crippen molar-refractivity contribution >= 4 is 22.3 Å². The van der Waals surface area contributed by atoms with E-state index in [0.29, 0.717) is 34.2 Å². The van der Waals surface area contributed by atoms with Crippen LogP contribution in [0.5, 0.6) is 0 Å². The van der Waals surface area contributed by atoms with Gasteiger partial charge in [-0.05, 0) is 24.7 Å². The number of nitrogens with zero attached hydrogens (tertiary/aromatic N) is 3. The van der Waals surface area contributed by atoms with E-state index in [1.807, 2.05) is 0 Å². The predicted octanol–water partition coefficient (Wildman–Crippen LogP) is 4.33. The molecule has 2 heterocycles. The fourth-order valence-electron chi connectivity index (χ4n) is 3.53. The fraction of sp³-hybridized carbons (Fsp3) is 0.368. The van der Waals surface area contributed by atoms with Gasteiger partial charge < -0.3 is 4.74 Å². The van der Waals surface area contributed by atoms with Crippen LogP contribution in [0.3, 0.4) is 0 Å². The Morgan fingerprint density at radius 1 is 1.37 bits per heavy atom. The summed E-state index contributed by atoms with van der Waals surface area (Å²) >= 11 is 1.36. The Balaban J connectivity index is 1.69. The number of Topliss-reactive ketones (excluding diaryl/α,β-unsaturated/α-hetero) is 1. The zero-order chi connectivity index (χ0) is 19.2. The Labute approximate surface area is 160 Å². The van der Waals surface area contributed by atoms with Gasteiger partial charge in [0.05, 0.1) is 27.3 Å². The SMILES string of the molecule is CC1(C)CC(=O)c2sc(N3C=COC(C4=C([N+](=O)[O-])C=CCC4)=C3)nc2C1. The Morgan fingerprint density at radius 3 is 2.96 bits per heavy atom. The van der Waals surface area contributed by atoms with Crippen LogP contribution in [0.4, 0.5) is 5.13 Å². The number of allylic oxidation sites excluding steroid dienone is 3. The lowest BCUT2D eigenvalue weighted by molar-refractivity contribution is -0.420. The third-order valence-electron chi connectivity index (χ3n) is 4.76. The average molecular weight is 385 g/mol. The quantitative estimate of drug-likeness (QED) is 0.569. The molecule has 140 valence electrons. The average Bonchev–Trinajstić information content (AvgIpc) is 3.05. The highest BCUT2D eigenvalue weighted by Crippen LogP contribution is 2.40. The highest BCUT2D eigenvalue weighted by atomic mass is 32.1. The lowest BCUT2D eigenvalue weighted by Crippen LogP contribution is -2.26. The molecule has 0 fully saturated rings. The van der Waals surface area contributed by atoms with Gasteiger partial charge in [0.1, 0.15) is 6.26 Å². The van der Waals surface area contributed by atoms with Gasteiger partial charge in [-0.1, -0.05) is 31.3 Å². The molecule has 0 radical (unpaired) electrons. The van der Waals surface area contributed by atoms with Crippen LogP contribution >= 0.6 is 11.3 Å². The summed E-state index contributed by atoms with van der Waals surface area (Å²) in [6.07, 6.45) is 10.8. The summed E-state index contributed by atoms with van der Waals surface area (Å²) in [7, 11) is 0. The molecule has 2 aliphatic carbocycles. The summed E-state index contributed by atoms with van der Waals surface area (Å²) in [5.74, 6) is 0.565. The van der Waals surface area contributed by atoms with Gasteiger partial charge in [-0.25, -0.2) is 4.98 Å². The lowest BCUT2D eigenvalue weighted by atomic mass is 9.78. The van der Waals surface area contributed by atoms with Crippen LogP contribution in [0.1, 0.15) is 48.5 Å². The van der Waals surface area contributed by atoms with Crippen LogP contribution in [0.25, 0.3) is 0 Å². The maximum Gasteiger partial charge on any atom is 0.276 e. The smallest absolute Gasteiger partial charge is 0.276 e. The minimum atomic E-state index is -0.388. The number of carbonyl (C=O) groups excluding carboxylic acids is 1. The van der Waals surface area contributed by atoms with Crippen molar-refractivity contribution in [3.8, 4) is 0 Å². The maximum absolute atomic E-state index is 12.4. The van der Waals surface area contributed by atoms with Crippen molar-refractivity contribution in [2.75, 3.05) is 4.90 Å². The first kappa shape index (κ1) is 17.7. The number of thiazole rings is 1. The van der Waals surface area contributed by atoms with Gasteiger partial charge >= 0.3 is 0 Å². The van der Waals surface area contributed by atoms with E-state index in [2.05, 4.69) is 18.8 Å². The van der Waals surface area contributed by atoms with Crippen molar-refractivity contribution < 1.29 is 14.5 Å². The van der Waals surface area contributed by atoms with Crippen molar-refractivity contribution in [2.24, 2.45) is 5.41 Å². The Bertz CT molecular complexity index is 952. The summed E-state index contributed by atoms with van der Waals surface area (Å²) in [5, 5.41) is 12.0. The molecule has 0 atom stereocenters. The Kier molecular flexibility index (Phi) is 4.22. The molecule has 0 amide bonds. The number of hydrogen-bond donors (Lipinski definition) is 0. The number of rotatable bonds is 3. The molecule has 4 rings (SSSR count). The van der Waals surface area contributed by atoms with Crippen molar-refractivity contribution in [1.29, 1.82) is 0 Å². The van der Waals surface area contributed by atoms with Gasteiger partial charge in [-0.2, -0.15) is 0 Å². The van der Waals surface area contributed by atoms with E-state index in [4.69, 9.17) is 4.74 Å². The number of carbonyl (C=O) groups is 1. The first-order chi connectivity index (χ1) is 12.8. The van der Waals surface area contributed by atoms with Crippen LogP contribution in [-0.4, -0.2) is 15.7 Å². The molecule has 0 saturated heterocycles. The molecular weight excluding hydrogens is 366 g/mol. The maximum atomic E-state index is 12.4. The van der Waals surface area contributed by atoms with E-state index >= 15 is 0 Å². The minimum absolute atomic E-state index is 0.0538. The van der Waals surface area contributed by atoms with E-state index in [0.717, 1.165) is 18.5 Å². The monoisotopic (exact) mass is 385 g/mol. The second-order valence-corrected chi connectivity index (χ2v) is 8.56. The number of ketones is 1. The van der Waals surface area contributed by atoms with E-state index < -0.39 is 0 Å². The molecule has 0 N–H and O–H groups in total. The molecule has 0 spiro atoms. The van der Waals surface area contributed by atoms with Gasteiger partial charge in [0.2, 0.25) is 0 Å². The molecule has 0 bridgehead atoms. The van der Waals surface area contributed by atoms with Gasteiger partial charge in [0, 0.05) is 18.7 Å². The summed E-state index contributed by atoms with van der Waals surface area (Å²) in [5.41, 5.74) is 1.36. The number of fused-ring (bicyclic) bond motifs is 1. The van der Waals surface area contributed by atoms with Gasteiger partial charge in [0.15, 0.2) is 16.7 Å². The topological polar surface area (TPSA) is 85.6 Å². The van der Waals surface area contributed by atoms with E-state index in [-0.39, 0.29) is 21.8 Å². The predicted molar refractivity (Wildman–Crippen MR) is 102 cm³/mol. The second-order valence-electron chi connectivity index (χ2n) is 7.58. The summed E-state index contributed by atoms with van der Waals surface area (Å²) in [4.78, 5) is 30.5. The highest BCUT2D eigenvalue weighted by molar-refractivity contribution is 7.17. The molecule has 1 aromatic heterocycles. The molecular formula is C19H19N3O4S. The van der Waals surface area contributed by atoms with Gasteiger partial charge in [0.25, 0.3) is 5.70 Å². The molecule has 3 aliphatic rings. The second kappa shape index (κ2) is 6.45. The zero-order valence-electron chi connectivity index (χ0n) is 15.1. The van der Waals surface area contributed by atoms with Gasteiger partial charge in [-0.3, -0.25) is 19.8 Å². The zero-order valence-corrected chi connectivity index (χ0v) is 15.9. The molecule has 0 aromatic carbocycles. The van der Waals surface area contributed by atoms with E-state index in [9.17, 15) is 14.9 Å². The fourth-order valence-corrected chi connectivity index (χ4v) is 4.51. The highest BCUT2D eigenvalue weighted by Gasteiger charge is 2.34. The van der Waals surface area contributed by atoms with Crippen molar-refractivity contribution in [3.63, 3.8) is 0 Å². The molecule has 27 heavy (non-hydrogen) atoms. The van der Waals surface area contributed by atoms with Crippen molar-refractivity contribution in [2.45, 2.75) is 39.5 Å². The first-order valence-electron chi connectivity index (χ1n) is 8.75. The molecule has 1 aliphatic heterocycles. The molecule has 0 saturated carbocycles. The number of nitro groups is 1. The van der Waals surface area contributed by atoms with E-state index in [1.165, 1.54) is 23.7 Å². The van der Waals surface area contributed by atoms with Crippen LogP contribution in [0.15, 0.2) is 47.8 Å². The Morgan fingerprint density at radius 2 is 2.19 bits per heavy atom. The van der Waals surface area contributed by atoms with Crippen molar-refractivity contribution in [3.05, 3.63) is 68.5 Å². The van der Waals surface area contributed by atoms with E-state index in [1.54, 1.807) is 23.4 Å². The van der Waals surface area contributed by atoms with Gasteiger partial charge in [-0.15, -0.1) is 0 Å². The van der Waals surface area contributed by atoms with Crippen molar-refractivity contribution in [1.82, 2.24) is 4.98 Å². The lowest BCUT2D eigenvalue weighted by Gasteiger charge is -2.26. The first-order valence-corrected chi connectivity index (χ1v) is 9.56. The summed E-state index contributed by atoms with van der Waals surface area (Å²) < 4.78 is 5.56.